The molecule has 2 aliphatic heterocycles. The van der Waals surface area contributed by atoms with Crippen LogP contribution in [0.2, 0.25) is 0 Å². The van der Waals surface area contributed by atoms with Gasteiger partial charge in [0.2, 0.25) is 5.91 Å². The Kier molecular flexibility index (Phi) is 6.35. The van der Waals surface area contributed by atoms with Crippen LogP contribution < -0.4 is 5.32 Å². The van der Waals surface area contributed by atoms with Crippen molar-refractivity contribution in [3.63, 3.8) is 0 Å². The summed E-state index contributed by atoms with van der Waals surface area (Å²) in [5.74, 6) is 1.03. The molecule has 3 rings (SSSR count). The normalized spacial score (nSPS) is 28.0. The fourth-order valence-electron chi connectivity index (χ4n) is 4.35. The van der Waals surface area contributed by atoms with E-state index in [2.05, 4.69) is 22.0 Å². The topological polar surface area (TPSA) is 35.6 Å². The number of hydrogen-bond acceptors (Lipinski definition) is 3. The maximum atomic E-state index is 11.9. The highest BCUT2D eigenvalue weighted by atomic mass is 16.1. The van der Waals surface area contributed by atoms with Crippen LogP contribution in [-0.4, -0.2) is 60.5 Å². The van der Waals surface area contributed by atoms with Crippen LogP contribution in [0, 0.1) is 5.92 Å². The highest BCUT2D eigenvalue weighted by Crippen LogP contribution is 2.26. The van der Waals surface area contributed by atoms with Crippen LogP contribution in [0.5, 0.6) is 0 Å². The van der Waals surface area contributed by atoms with E-state index in [0.29, 0.717) is 6.04 Å². The molecule has 132 valence electrons. The summed E-state index contributed by atoms with van der Waals surface area (Å²) in [6.07, 6.45) is 10.8. The van der Waals surface area contributed by atoms with Crippen molar-refractivity contribution in [1.29, 1.82) is 0 Å². The van der Waals surface area contributed by atoms with E-state index in [9.17, 15) is 4.79 Å². The second kappa shape index (κ2) is 8.48. The first-order valence-electron chi connectivity index (χ1n) is 10.0. The van der Waals surface area contributed by atoms with Gasteiger partial charge < -0.3 is 15.1 Å². The molecule has 2 heterocycles. The molecule has 1 N–H and O–H groups in total. The Morgan fingerprint density at radius 1 is 1.09 bits per heavy atom. The average molecular weight is 322 g/mol. The van der Waals surface area contributed by atoms with Gasteiger partial charge in [0.1, 0.15) is 0 Å². The van der Waals surface area contributed by atoms with Gasteiger partial charge in [0, 0.05) is 25.0 Å². The number of nitrogens with one attached hydrogen (secondary N) is 1. The van der Waals surface area contributed by atoms with Crippen molar-refractivity contribution in [1.82, 2.24) is 15.1 Å². The fraction of sp³-hybridized carbons (Fsp3) is 0.947. The molecule has 0 spiro atoms. The molecule has 4 heteroatoms. The number of piperidine rings is 2. The average Bonchev–Trinajstić information content (AvgIpc) is 3.38. The standard InChI is InChI=1S/C19H35N3O/c1-2-11-21-13-9-18(10-14-21)22-12-3-4-16(15-22)5-8-19(23)20-17-6-7-17/h16-18H,2-15H2,1H3,(H,20,23). The Bertz CT molecular complexity index is 375. The fourth-order valence-corrected chi connectivity index (χ4v) is 4.35. The van der Waals surface area contributed by atoms with Crippen molar-refractivity contribution in [2.45, 2.75) is 76.8 Å². The van der Waals surface area contributed by atoms with Crippen LogP contribution in [0.15, 0.2) is 0 Å². The first-order valence-corrected chi connectivity index (χ1v) is 10.0. The maximum Gasteiger partial charge on any atom is 0.220 e. The lowest BCUT2D eigenvalue weighted by atomic mass is 9.90. The first kappa shape index (κ1) is 17.2. The van der Waals surface area contributed by atoms with Gasteiger partial charge in [-0.2, -0.15) is 0 Å². The third-order valence-corrected chi connectivity index (χ3v) is 5.89. The van der Waals surface area contributed by atoms with Crippen LogP contribution in [0.1, 0.15) is 64.7 Å². The number of rotatable bonds is 7. The van der Waals surface area contributed by atoms with Crippen molar-refractivity contribution in [3.8, 4) is 0 Å². The molecule has 1 saturated carbocycles. The van der Waals surface area contributed by atoms with Crippen LogP contribution in [0.3, 0.4) is 0 Å². The minimum atomic E-state index is 0.289. The Labute approximate surface area is 142 Å². The Balaban J connectivity index is 1.37. The molecule has 3 fully saturated rings. The lowest BCUT2D eigenvalue weighted by Crippen LogP contribution is -2.48. The van der Waals surface area contributed by atoms with Crippen molar-refractivity contribution in [2.75, 3.05) is 32.7 Å². The number of hydrogen-bond donors (Lipinski definition) is 1. The zero-order valence-corrected chi connectivity index (χ0v) is 14.9. The number of carbonyl (C=O) groups is 1. The van der Waals surface area contributed by atoms with Crippen molar-refractivity contribution in [2.24, 2.45) is 5.92 Å². The van der Waals surface area contributed by atoms with Crippen LogP contribution >= 0.6 is 0 Å². The van der Waals surface area contributed by atoms with Crippen LogP contribution in [-0.2, 0) is 4.79 Å². The number of nitrogens with zero attached hydrogens (tertiary/aromatic N) is 2. The summed E-state index contributed by atoms with van der Waals surface area (Å²) in [5.41, 5.74) is 0. The van der Waals surface area contributed by atoms with Gasteiger partial charge in [0.25, 0.3) is 0 Å². The summed E-state index contributed by atoms with van der Waals surface area (Å²) < 4.78 is 0. The highest BCUT2D eigenvalue weighted by Gasteiger charge is 2.29. The van der Waals surface area contributed by atoms with Crippen LogP contribution in [0.4, 0.5) is 0 Å². The SMILES string of the molecule is CCCN1CCC(N2CCCC(CCC(=O)NC3CC3)C2)CC1. The maximum absolute atomic E-state index is 11.9. The van der Waals surface area contributed by atoms with Gasteiger partial charge in [-0.3, -0.25) is 4.79 Å². The summed E-state index contributed by atoms with van der Waals surface area (Å²) in [6, 6.07) is 1.31. The van der Waals surface area contributed by atoms with Gasteiger partial charge in [0.05, 0.1) is 0 Å². The Hall–Kier alpha value is -0.610. The quantitative estimate of drug-likeness (QED) is 0.783. The van der Waals surface area contributed by atoms with Crippen molar-refractivity contribution >= 4 is 5.91 Å². The van der Waals surface area contributed by atoms with E-state index in [0.717, 1.165) is 24.8 Å². The molecule has 0 aromatic carbocycles. The zero-order valence-electron chi connectivity index (χ0n) is 14.9. The number of amides is 1. The summed E-state index contributed by atoms with van der Waals surface area (Å²) in [5, 5.41) is 3.13. The van der Waals surface area contributed by atoms with Crippen molar-refractivity contribution < 1.29 is 4.79 Å². The molecule has 4 nitrogen and oxygen atoms in total. The molecule has 1 atom stereocenters. The largest absolute Gasteiger partial charge is 0.353 e. The first-order chi connectivity index (χ1) is 11.2. The summed E-state index contributed by atoms with van der Waals surface area (Å²) in [4.78, 5) is 17.3. The van der Waals surface area contributed by atoms with E-state index in [1.807, 2.05) is 0 Å². The van der Waals surface area contributed by atoms with Crippen LogP contribution in [0.25, 0.3) is 0 Å². The Morgan fingerprint density at radius 2 is 1.87 bits per heavy atom. The summed E-state index contributed by atoms with van der Waals surface area (Å²) >= 11 is 0. The Morgan fingerprint density at radius 3 is 2.57 bits per heavy atom. The molecule has 0 aromatic heterocycles. The minimum absolute atomic E-state index is 0.289. The van der Waals surface area contributed by atoms with Gasteiger partial charge in [-0.25, -0.2) is 0 Å². The second-order valence-electron chi connectivity index (χ2n) is 7.96. The molecule has 0 radical (unpaired) electrons. The third kappa shape index (κ3) is 5.46. The van der Waals surface area contributed by atoms with E-state index in [1.54, 1.807) is 0 Å². The predicted molar refractivity (Wildman–Crippen MR) is 94.4 cm³/mol. The van der Waals surface area contributed by atoms with E-state index < -0.39 is 0 Å². The van der Waals surface area contributed by atoms with Gasteiger partial charge in [0.15, 0.2) is 0 Å². The molecule has 0 bridgehead atoms. The zero-order chi connectivity index (χ0) is 16.1. The van der Waals surface area contributed by atoms with E-state index in [-0.39, 0.29) is 5.91 Å². The summed E-state index contributed by atoms with van der Waals surface area (Å²) in [7, 11) is 0. The lowest BCUT2D eigenvalue weighted by Gasteiger charge is -2.42. The number of carbonyl (C=O) groups excluding carboxylic acids is 1. The molecule has 0 aromatic rings. The molecule has 1 amide bonds. The van der Waals surface area contributed by atoms with E-state index >= 15 is 0 Å². The highest BCUT2D eigenvalue weighted by molar-refractivity contribution is 5.76. The molecule has 1 aliphatic carbocycles. The van der Waals surface area contributed by atoms with E-state index in [4.69, 9.17) is 0 Å². The van der Waals surface area contributed by atoms with Gasteiger partial charge in [-0.1, -0.05) is 6.92 Å². The van der Waals surface area contributed by atoms with Gasteiger partial charge in [-0.15, -0.1) is 0 Å². The smallest absolute Gasteiger partial charge is 0.220 e. The molecule has 1 unspecified atom stereocenters. The third-order valence-electron chi connectivity index (χ3n) is 5.89. The second-order valence-corrected chi connectivity index (χ2v) is 7.96. The predicted octanol–water partition coefficient (Wildman–Crippen LogP) is 2.63. The molecule has 23 heavy (non-hydrogen) atoms. The molecule has 3 aliphatic rings. The van der Waals surface area contributed by atoms with Gasteiger partial charge in [-0.05, 0) is 83.5 Å². The number of likely N-dealkylation sites (tertiary alicyclic amines) is 2. The molecular weight excluding hydrogens is 286 g/mol. The summed E-state index contributed by atoms with van der Waals surface area (Å²) in [6.45, 7) is 8.62. The van der Waals surface area contributed by atoms with Crippen molar-refractivity contribution in [3.05, 3.63) is 0 Å². The van der Waals surface area contributed by atoms with Gasteiger partial charge >= 0.3 is 0 Å². The molecular formula is C19H35N3O. The lowest BCUT2D eigenvalue weighted by molar-refractivity contribution is -0.121. The minimum Gasteiger partial charge on any atom is -0.353 e. The monoisotopic (exact) mass is 321 g/mol. The molecule has 2 saturated heterocycles. The van der Waals surface area contributed by atoms with E-state index in [1.165, 1.54) is 77.7 Å².